The van der Waals surface area contributed by atoms with E-state index in [1.54, 1.807) is 35.3 Å². The summed E-state index contributed by atoms with van der Waals surface area (Å²) < 4.78 is 1.08. The lowest BCUT2D eigenvalue weighted by Crippen LogP contribution is -2.02. The fourth-order valence-corrected chi connectivity index (χ4v) is 7.57. The number of aromatic amines is 2. The Balaban J connectivity index is 0.000000146. The van der Waals surface area contributed by atoms with E-state index in [-0.39, 0.29) is 0 Å². The number of H-pyrrole nitrogens is 2. The Kier molecular flexibility index (Phi) is 9.53. The number of hydrogen-bond acceptors (Lipinski definition) is 14. The van der Waals surface area contributed by atoms with E-state index in [0.717, 1.165) is 76.7 Å². The van der Waals surface area contributed by atoms with Crippen molar-refractivity contribution in [2.24, 2.45) is 0 Å². The van der Waals surface area contributed by atoms with Gasteiger partial charge in [-0.1, -0.05) is 24.3 Å². The van der Waals surface area contributed by atoms with Crippen molar-refractivity contribution < 1.29 is 0 Å². The Hall–Kier alpha value is -7.04. The minimum atomic E-state index is 0.680. The fourth-order valence-electron chi connectivity index (χ4n) is 6.03. The van der Waals surface area contributed by atoms with Crippen LogP contribution in [0, 0.1) is 13.8 Å². The summed E-state index contributed by atoms with van der Waals surface area (Å²) >= 11 is 3.26. The lowest BCUT2D eigenvalue weighted by atomic mass is 10.2. The number of thiophene rings is 2. The SMILES string of the molecule is Cc1cnc2nc(Nc3ccc(CNc4ncnc5ccsc45)cc3)[nH]c2c1.Cc1cnc2nc(Nc3ccc(CNc4ncnc5sccc45)cc3)[nH]c2c1. The van der Waals surface area contributed by atoms with Crippen molar-refractivity contribution in [2.45, 2.75) is 26.9 Å². The van der Waals surface area contributed by atoms with Crippen molar-refractivity contribution in [1.82, 2.24) is 49.8 Å². The molecule has 8 aromatic heterocycles. The van der Waals surface area contributed by atoms with E-state index in [1.165, 1.54) is 0 Å². The van der Waals surface area contributed by atoms with Crippen LogP contribution >= 0.6 is 22.7 Å². The molecule has 10 rings (SSSR count). The van der Waals surface area contributed by atoms with Crippen LogP contribution in [0.3, 0.4) is 0 Å². The predicted molar refractivity (Wildman–Crippen MR) is 226 cm³/mol. The molecule has 56 heavy (non-hydrogen) atoms. The summed E-state index contributed by atoms with van der Waals surface area (Å²) in [5.74, 6) is 3.09. The van der Waals surface area contributed by atoms with Crippen molar-refractivity contribution in [1.29, 1.82) is 0 Å². The first-order valence-electron chi connectivity index (χ1n) is 17.7. The van der Waals surface area contributed by atoms with Gasteiger partial charge in [0.15, 0.2) is 11.3 Å². The van der Waals surface area contributed by atoms with Crippen LogP contribution < -0.4 is 21.3 Å². The van der Waals surface area contributed by atoms with Crippen molar-refractivity contribution in [2.75, 3.05) is 21.3 Å². The van der Waals surface area contributed by atoms with Gasteiger partial charge in [-0.15, -0.1) is 22.7 Å². The first-order chi connectivity index (χ1) is 27.5. The molecule has 0 amide bonds. The Morgan fingerprint density at radius 1 is 0.571 bits per heavy atom. The molecule has 0 saturated carbocycles. The normalized spacial score (nSPS) is 11.2. The predicted octanol–water partition coefficient (Wildman–Crippen LogP) is 9.25. The Morgan fingerprint density at radius 2 is 1.12 bits per heavy atom. The van der Waals surface area contributed by atoms with Crippen molar-refractivity contribution in [3.8, 4) is 0 Å². The molecule has 0 aliphatic heterocycles. The van der Waals surface area contributed by atoms with Crippen molar-refractivity contribution in [3.05, 3.63) is 131 Å². The number of benzene rings is 2. The Morgan fingerprint density at radius 3 is 1.75 bits per heavy atom. The number of anilines is 6. The van der Waals surface area contributed by atoms with Gasteiger partial charge >= 0.3 is 0 Å². The zero-order valence-electron chi connectivity index (χ0n) is 30.2. The summed E-state index contributed by atoms with van der Waals surface area (Å²) in [5, 5.41) is 18.5. The van der Waals surface area contributed by atoms with Crippen LogP contribution in [-0.4, -0.2) is 49.8 Å². The number of imidazole rings is 2. The van der Waals surface area contributed by atoms with E-state index in [9.17, 15) is 0 Å². The minimum absolute atomic E-state index is 0.680. The summed E-state index contributed by atoms with van der Waals surface area (Å²) in [5.41, 5.74) is 10.7. The number of nitrogens with zero attached hydrogens (tertiary/aromatic N) is 8. The molecule has 0 unspecified atom stereocenters. The molecule has 16 heteroatoms. The third-order valence-corrected chi connectivity index (χ3v) is 10.5. The van der Waals surface area contributed by atoms with Gasteiger partial charge in [0.2, 0.25) is 11.9 Å². The highest BCUT2D eigenvalue weighted by Gasteiger charge is 2.09. The molecular formula is C40H34N14S2. The number of rotatable bonds is 10. The maximum atomic E-state index is 4.47. The fraction of sp³-hybridized carbons (Fsp3) is 0.100. The van der Waals surface area contributed by atoms with E-state index in [4.69, 9.17) is 0 Å². The topological polar surface area (TPSA) is 183 Å². The first kappa shape index (κ1) is 34.7. The molecule has 0 atom stereocenters. The average molecular weight is 775 g/mol. The minimum Gasteiger partial charge on any atom is -0.365 e. The first-order valence-corrected chi connectivity index (χ1v) is 19.5. The molecular weight excluding hydrogens is 741 g/mol. The number of pyridine rings is 2. The Bertz CT molecular complexity index is 2710. The molecule has 0 fully saturated rings. The maximum absolute atomic E-state index is 4.47. The molecule has 276 valence electrons. The summed E-state index contributed by atoms with van der Waals surface area (Å²) in [4.78, 5) is 42.3. The highest BCUT2D eigenvalue weighted by Crippen LogP contribution is 2.27. The molecule has 0 spiro atoms. The van der Waals surface area contributed by atoms with Gasteiger partial charge in [-0.25, -0.2) is 29.9 Å². The van der Waals surface area contributed by atoms with E-state index in [0.29, 0.717) is 36.3 Å². The van der Waals surface area contributed by atoms with E-state index in [1.807, 2.05) is 85.5 Å². The number of fused-ring (bicyclic) bond motifs is 4. The summed E-state index contributed by atoms with van der Waals surface area (Å²) in [7, 11) is 0. The molecule has 0 radical (unpaired) electrons. The second-order valence-electron chi connectivity index (χ2n) is 13.0. The molecule has 8 heterocycles. The quantitative estimate of drug-likeness (QED) is 0.0776. The maximum Gasteiger partial charge on any atom is 0.207 e. The van der Waals surface area contributed by atoms with Gasteiger partial charge in [0.25, 0.3) is 0 Å². The van der Waals surface area contributed by atoms with Crippen LogP contribution in [0.4, 0.5) is 34.9 Å². The number of aryl methyl sites for hydroxylation is 2. The van der Waals surface area contributed by atoms with Crippen molar-refractivity contribution in [3.63, 3.8) is 0 Å². The van der Waals surface area contributed by atoms with Crippen LogP contribution in [0.5, 0.6) is 0 Å². The second kappa shape index (κ2) is 15.4. The van der Waals surface area contributed by atoms with Crippen LogP contribution in [0.1, 0.15) is 22.3 Å². The zero-order chi connectivity index (χ0) is 37.8. The molecule has 0 aliphatic carbocycles. The molecule has 14 nitrogen and oxygen atoms in total. The third-order valence-electron chi connectivity index (χ3n) is 8.81. The average Bonchev–Trinajstić information content (AvgIpc) is 4.04. The van der Waals surface area contributed by atoms with Crippen molar-refractivity contribution >= 4 is 100 Å². The number of aromatic nitrogens is 10. The highest BCUT2D eigenvalue weighted by atomic mass is 32.1. The largest absolute Gasteiger partial charge is 0.365 e. The highest BCUT2D eigenvalue weighted by molar-refractivity contribution is 7.17. The monoisotopic (exact) mass is 774 g/mol. The van der Waals surface area contributed by atoms with Crippen LogP contribution in [-0.2, 0) is 13.1 Å². The number of nitrogens with one attached hydrogen (secondary N) is 6. The smallest absolute Gasteiger partial charge is 0.207 e. The second-order valence-corrected chi connectivity index (χ2v) is 14.8. The van der Waals surface area contributed by atoms with Gasteiger partial charge in [-0.05, 0) is 95.4 Å². The van der Waals surface area contributed by atoms with Crippen LogP contribution in [0.15, 0.2) is 109 Å². The summed E-state index contributed by atoms with van der Waals surface area (Å²) in [6, 6.07) is 24.5. The molecule has 2 aromatic carbocycles. The van der Waals surface area contributed by atoms with E-state index in [2.05, 4.69) is 95.4 Å². The lowest BCUT2D eigenvalue weighted by molar-refractivity contribution is 1.10. The zero-order valence-corrected chi connectivity index (χ0v) is 31.8. The van der Waals surface area contributed by atoms with E-state index >= 15 is 0 Å². The van der Waals surface area contributed by atoms with Gasteiger partial charge in [0.1, 0.15) is 29.1 Å². The third kappa shape index (κ3) is 7.77. The molecule has 0 aliphatic rings. The van der Waals surface area contributed by atoms with Gasteiger partial charge in [0.05, 0.1) is 26.6 Å². The molecule has 0 saturated heterocycles. The summed E-state index contributed by atoms with van der Waals surface area (Å²) in [6.07, 6.45) is 6.82. The lowest BCUT2D eigenvalue weighted by Gasteiger charge is -2.08. The summed E-state index contributed by atoms with van der Waals surface area (Å²) in [6.45, 7) is 5.41. The van der Waals surface area contributed by atoms with Crippen LogP contribution in [0.2, 0.25) is 0 Å². The molecule has 0 bridgehead atoms. The van der Waals surface area contributed by atoms with E-state index < -0.39 is 0 Å². The van der Waals surface area contributed by atoms with Gasteiger partial charge in [-0.3, -0.25) is 0 Å². The standard InChI is InChI=1S/2C20H17N7S/c1-12-8-16-18(21-9-12)27-20(26-16)25-14-4-2-13(3-5-14)10-22-19-17-15(6-7-28-17)23-11-24-19;1-12-8-16-18(21-9-12)27-20(26-16)25-14-4-2-13(3-5-14)10-22-17-15-6-7-28-19(15)24-11-23-17/h2*2-9,11H,10H2,1H3,(H,22,23,24)(H2,21,25,26,27). The molecule has 10 aromatic rings. The number of hydrogen-bond donors (Lipinski definition) is 6. The van der Waals surface area contributed by atoms with Crippen LogP contribution in [0.25, 0.3) is 42.8 Å². The van der Waals surface area contributed by atoms with Gasteiger partial charge in [0, 0.05) is 36.9 Å². The molecule has 6 N–H and O–H groups in total. The van der Waals surface area contributed by atoms with Gasteiger partial charge in [-0.2, -0.15) is 9.97 Å². The Labute approximate surface area is 328 Å². The van der Waals surface area contributed by atoms with Gasteiger partial charge < -0.3 is 31.2 Å².